The Morgan fingerprint density at radius 3 is 2.23 bits per heavy atom. The van der Waals surface area contributed by atoms with Gasteiger partial charge in [-0.25, -0.2) is 4.31 Å². The second kappa shape index (κ2) is 20.7. The zero-order valence-electron chi connectivity index (χ0n) is 27.3. The molecule has 3 aromatic rings. The number of aryl methyl sites for hydroxylation is 2. The van der Waals surface area contributed by atoms with Crippen LogP contribution in [0.4, 0.5) is 5.69 Å². The van der Waals surface area contributed by atoms with Gasteiger partial charge >= 0.3 is 0 Å². The van der Waals surface area contributed by atoms with Crippen molar-refractivity contribution in [3.63, 3.8) is 0 Å². The Hall–Kier alpha value is -3.25. The number of halogens is 1. The SMILES string of the molecule is C=C(C=N)CN(Sc1ccccc1)C(C)CCc1ccccc1NC(=C)CNC(CC)=C1CC1.CC.Cc1ccccc1Cl. The summed E-state index contributed by atoms with van der Waals surface area (Å²) in [7, 11) is 0. The summed E-state index contributed by atoms with van der Waals surface area (Å²) in [6, 6.07) is 27.0. The van der Waals surface area contributed by atoms with Crippen LogP contribution in [0.15, 0.2) is 119 Å². The molecule has 1 aliphatic rings. The Morgan fingerprint density at radius 2 is 1.64 bits per heavy atom. The van der Waals surface area contributed by atoms with E-state index in [-0.39, 0.29) is 0 Å². The molecule has 1 fully saturated rings. The number of anilines is 1. The number of hydrogen-bond acceptors (Lipinski definition) is 5. The van der Waals surface area contributed by atoms with Crippen LogP contribution in [-0.4, -0.2) is 29.7 Å². The number of rotatable bonds is 15. The number of para-hydroxylation sites is 1. The van der Waals surface area contributed by atoms with Crippen LogP contribution in [0.1, 0.15) is 64.5 Å². The van der Waals surface area contributed by atoms with E-state index in [2.05, 4.69) is 90.5 Å². The van der Waals surface area contributed by atoms with Crippen LogP contribution in [0.3, 0.4) is 0 Å². The van der Waals surface area contributed by atoms with Gasteiger partial charge in [0.15, 0.2) is 0 Å². The van der Waals surface area contributed by atoms with Crippen LogP contribution in [0.5, 0.6) is 0 Å². The number of nitrogens with one attached hydrogen (secondary N) is 3. The molecule has 0 aromatic heterocycles. The zero-order valence-corrected chi connectivity index (χ0v) is 28.8. The van der Waals surface area contributed by atoms with Crippen LogP contribution in [0.25, 0.3) is 0 Å². The Morgan fingerprint density at radius 1 is 1.00 bits per heavy atom. The summed E-state index contributed by atoms with van der Waals surface area (Å²) < 4.78 is 2.33. The Bertz CT molecular complexity index is 1320. The summed E-state index contributed by atoms with van der Waals surface area (Å²) in [5.74, 6) is 0. The molecule has 0 saturated heterocycles. The van der Waals surface area contributed by atoms with E-state index in [1.807, 2.05) is 51.1 Å². The van der Waals surface area contributed by atoms with Crippen molar-refractivity contribution < 1.29 is 0 Å². The second-order valence-electron chi connectivity index (χ2n) is 10.6. The highest BCUT2D eigenvalue weighted by atomic mass is 35.5. The molecule has 44 heavy (non-hydrogen) atoms. The molecule has 3 aromatic carbocycles. The predicted octanol–water partition coefficient (Wildman–Crippen LogP) is 10.9. The minimum atomic E-state index is 0.317. The molecule has 1 atom stereocenters. The summed E-state index contributed by atoms with van der Waals surface area (Å²) in [4.78, 5) is 1.20. The van der Waals surface area contributed by atoms with Crippen LogP contribution in [-0.2, 0) is 6.42 Å². The fourth-order valence-electron chi connectivity index (χ4n) is 4.37. The van der Waals surface area contributed by atoms with Crippen molar-refractivity contribution in [3.8, 4) is 0 Å². The smallest absolute Gasteiger partial charge is 0.0542 e. The summed E-state index contributed by atoms with van der Waals surface area (Å²) in [5.41, 5.74) is 8.30. The molecule has 0 spiro atoms. The topological polar surface area (TPSA) is 51.2 Å². The molecule has 0 bridgehead atoms. The molecule has 4 nitrogen and oxygen atoms in total. The van der Waals surface area contributed by atoms with Gasteiger partial charge in [0.05, 0.1) is 6.54 Å². The van der Waals surface area contributed by atoms with Gasteiger partial charge in [0.25, 0.3) is 0 Å². The monoisotopic (exact) mass is 630 g/mol. The van der Waals surface area contributed by atoms with Crippen molar-refractivity contribution in [3.05, 3.63) is 131 Å². The van der Waals surface area contributed by atoms with E-state index < -0.39 is 0 Å². The van der Waals surface area contributed by atoms with E-state index in [1.165, 1.54) is 35.2 Å². The molecule has 0 heterocycles. The summed E-state index contributed by atoms with van der Waals surface area (Å²) in [6.07, 6.45) is 6.85. The molecular formula is C38H51ClN4S. The third kappa shape index (κ3) is 13.6. The Labute approximate surface area is 276 Å². The summed E-state index contributed by atoms with van der Waals surface area (Å²) in [5, 5.41) is 15.5. The van der Waals surface area contributed by atoms with Crippen LogP contribution in [0.2, 0.25) is 5.02 Å². The lowest BCUT2D eigenvalue weighted by Gasteiger charge is -2.28. The number of nitrogens with zero attached hydrogens (tertiary/aromatic N) is 1. The first kappa shape index (κ1) is 36.9. The predicted molar refractivity (Wildman–Crippen MR) is 196 cm³/mol. The van der Waals surface area contributed by atoms with Crippen LogP contribution >= 0.6 is 23.5 Å². The first-order valence-corrected chi connectivity index (χ1v) is 16.8. The quantitative estimate of drug-likeness (QED) is 0.115. The summed E-state index contributed by atoms with van der Waals surface area (Å²) >= 11 is 7.44. The van der Waals surface area contributed by atoms with Gasteiger partial charge in [-0.05, 0) is 98.9 Å². The lowest BCUT2D eigenvalue weighted by Crippen LogP contribution is -2.29. The standard InChI is InChI=1S/C29H38N4S.C7H7Cl.C2H6/c1-5-28(26-17-18-26)31-20-23(3)32-29-14-10-9-11-25(29)16-15-24(4)33(21-22(2)19-30)34-27-12-7-6-8-13-27;1-6-4-2-3-5-7(6)8;1-2/h6-14,19,24,30-32H,2-3,5,15-18,20-21H2,1,4H3;2-5H,1H3;1-2H3. The van der Waals surface area contributed by atoms with Gasteiger partial charge in [0.1, 0.15) is 0 Å². The Balaban J connectivity index is 0.000000577. The van der Waals surface area contributed by atoms with Crippen molar-refractivity contribution in [2.24, 2.45) is 0 Å². The molecule has 236 valence electrons. The van der Waals surface area contributed by atoms with Gasteiger partial charge in [-0.3, -0.25) is 0 Å². The molecule has 1 unspecified atom stereocenters. The minimum absolute atomic E-state index is 0.317. The normalized spacial score (nSPS) is 12.1. The van der Waals surface area contributed by atoms with E-state index in [4.69, 9.17) is 17.0 Å². The van der Waals surface area contributed by atoms with Gasteiger partial charge < -0.3 is 16.0 Å². The highest BCUT2D eigenvalue weighted by molar-refractivity contribution is 7.97. The first-order valence-electron chi connectivity index (χ1n) is 15.7. The van der Waals surface area contributed by atoms with Crippen LogP contribution in [0, 0.1) is 12.3 Å². The van der Waals surface area contributed by atoms with E-state index in [0.29, 0.717) is 12.6 Å². The fourth-order valence-corrected chi connectivity index (χ4v) is 5.57. The molecule has 0 radical (unpaired) electrons. The van der Waals surface area contributed by atoms with E-state index in [0.717, 1.165) is 53.4 Å². The molecule has 1 saturated carbocycles. The molecular weight excluding hydrogens is 580 g/mol. The van der Waals surface area contributed by atoms with Crippen molar-refractivity contribution in [1.29, 1.82) is 5.41 Å². The van der Waals surface area contributed by atoms with E-state index in [9.17, 15) is 0 Å². The number of benzene rings is 3. The van der Waals surface area contributed by atoms with Crippen molar-refractivity contribution >= 4 is 35.5 Å². The average Bonchev–Trinajstić information content (AvgIpc) is 3.89. The van der Waals surface area contributed by atoms with Gasteiger partial charge in [-0.2, -0.15) is 0 Å². The number of hydrogen-bond donors (Lipinski definition) is 3. The van der Waals surface area contributed by atoms with Crippen molar-refractivity contribution in [2.75, 3.05) is 18.4 Å². The fraction of sp³-hybridized carbons (Fsp3) is 0.342. The summed E-state index contributed by atoms with van der Waals surface area (Å²) in [6.45, 7) is 20.1. The number of allylic oxidation sites excluding steroid dienone is 2. The molecule has 0 aliphatic heterocycles. The third-order valence-corrected chi connectivity index (χ3v) is 8.68. The highest BCUT2D eigenvalue weighted by Crippen LogP contribution is 2.32. The van der Waals surface area contributed by atoms with Gasteiger partial charge in [-0.1, -0.05) is 106 Å². The minimum Gasteiger partial charge on any atom is -0.383 e. The first-order chi connectivity index (χ1) is 21.3. The maximum atomic E-state index is 7.57. The lowest BCUT2D eigenvalue weighted by molar-refractivity contribution is 0.381. The maximum Gasteiger partial charge on any atom is 0.0542 e. The van der Waals surface area contributed by atoms with E-state index >= 15 is 0 Å². The zero-order chi connectivity index (χ0) is 32.3. The second-order valence-corrected chi connectivity index (χ2v) is 12.1. The molecule has 0 amide bonds. The Kier molecular flexibility index (Phi) is 17.3. The largest absolute Gasteiger partial charge is 0.383 e. The third-order valence-electron chi connectivity index (χ3n) is 7.05. The molecule has 3 N–H and O–H groups in total. The van der Waals surface area contributed by atoms with E-state index in [1.54, 1.807) is 17.5 Å². The maximum absolute atomic E-state index is 7.57. The van der Waals surface area contributed by atoms with Crippen molar-refractivity contribution in [1.82, 2.24) is 9.62 Å². The average molecular weight is 631 g/mol. The van der Waals surface area contributed by atoms with Crippen LogP contribution < -0.4 is 10.6 Å². The van der Waals surface area contributed by atoms with Gasteiger partial charge in [0.2, 0.25) is 0 Å². The van der Waals surface area contributed by atoms with Crippen molar-refractivity contribution in [2.45, 2.75) is 77.7 Å². The van der Waals surface area contributed by atoms with Gasteiger partial charge in [-0.15, -0.1) is 0 Å². The molecule has 1 aliphatic carbocycles. The molecule has 4 rings (SSSR count). The van der Waals surface area contributed by atoms with Gasteiger partial charge in [0, 0.05) is 45.8 Å². The lowest BCUT2D eigenvalue weighted by atomic mass is 10.0. The highest BCUT2D eigenvalue weighted by Gasteiger charge is 2.18. The molecule has 6 heteroatoms.